The highest BCUT2D eigenvalue weighted by Gasteiger charge is 2.07. The summed E-state index contributed by atoms with van der Waals surface area (Å²) in [6.07, 6.45) is 6.38. The van der Waals surface area contributed by atoms with Gasteiger partial charge < -0.3 is 9.88 Å². The van der Waals surface area contributed by atoms with Crippen LogP contribution in [0.15, 0.2) is 12.4 Å². The summed E-state index contributed by atoms with van der Waals surface area (Å²) in [5.74, 6) is 2.42. The largest absolute Gasteiger partial charge is 0.355 e. The first-order valence-electron chi connectivity index (χ1n) is 6.42. The van der Waals surface area contributed by atoms with Crippen molar-refractivity contribution >= 4 is 5.95 Å². The summed E-state index contributed by atoms with van der Waals surface area (Å²) in [7, 11) is 0. The Balaban J connectivity index is 2.50. The molecule has 0 spiro atoms. The summed E-state index contributed by atoms with van der Waals surface area (Å²) >= 11 is 0. The maximum absolute atomic E-state index is 4.36. The first-order chi connectivity index (χ1) is 7.67. The summed E-state index contributed by atoms with van der Waals surface area (Å²) in [6.45, 7) is 11.0. The van der Waals surface area contributed by atoms with Gasteiger partial charge in [-0.2, -0.15) is 0 Å². The third-order valence-corrected chi connectivity index (χ3v) is 2.98. The topological polar surface area (TPSA) is 29.9 Å². The summed E-state index contributed by atoms with van der Waals surface area (Å²) in [5.41, 5.74) is 0. The van der Waals surface area contributed by atoms with E-state index in [2.05, 4.69) is 48.8 Å². The molecular weight excluding hydrogens is 198 g/mol. The second-order valence-electron chi connectivity index (χ2n) is 4.86. The van der Waals surface area contributed by atoms with E-state index in [4.69, 9.17) is 0 Å². The van der Waals surface area contributed by atoms with Crippen molar-refractivity contribution in [2.75, 3.05) is 11.9 Å². The van der Waals surface area contributed by atoms with Gasteiger partial charge in [-0.05, 0) is 11.8 Å². The van der Waals surface area contributed by atoms with E-state index in [0.29, 0.717) is 5.92 Å². The smallest absolute Gasteiger partial charge is 0.202 e. The Labute approximate surface area is 99.3 Å². The Bertz CT molecular complexity index is 287. The Kier molecular flexibility index (Phi) is 5.36. The van der Waals surface area contributed by atoms with Crippen LogP contribution in [0.1, 0.15) is 40.5 Å². The number of hydrogen-bond acceptors (Lipinski definition) is 2. The van der Waals surface area contributed by atoms with Crippen molar-refractivity contribution in [1.82, 2.24) is 9.55 Å². The molecule has 0 aliphatic heterocycles. The second kappa shape index (κ2) is 6.56. The van der Waals surface area contributed by atoms with Gasteiger partial charge in [0.25, 0.3) is 0 Å². The van der Waals surface area contributed by atoms with Crippen molar-refractivity contribution in [3.63, 3.8) is 0 Å². The molecule has 0 radical (unpaired) electrons. The van der Waals surface area contributed by atoms with Gasteiger partial charge in [-0.1, -0.05) is 40.5 Å². The van der Waals surface area contributed by atoms with Gasteiger partial charge in [-0.15, -0.1) is 0 Å². The molecule has 0 amide bonds. The Morgan fingerprint density at radius 3 is 2.56 bits per heavy atom. The predicted octanol–water partition coefficient (Wildman–Crippen LogP) is 3.39. The van der Waals surface area contributed by atoms with Gasteiger partial charge >= 0.3 is 0 Å². The Hall–Kier alpha value is -0.990. The van der Waals surface area contributed by atoms with E-state index in [9.17, 15) is 0 Å². The van der Waals surface area contributed by atoms with Gasteiger partial charge in [-0.25, -0.2) is 4.98 Å². The van der Waals surface area contributed by atoms with E-state index in [1.807, 2.05) is 6.20 Å². The fraction of sp³-hybridized carbons (Fsp3) is 0.769. The van der Waals surface area contributed by atoms with Gasteiger partial charge in [0, 0.05) is 25.5 Å². The number of hydrogen-bond donors (Lipinski definition) is 1. The van der Waals surface area contributed by atoms with Crippen LogP contribution in [-0.4, -0.2) is 16.1 Å². The van der Waals surface area contributed by atoms with Gasteiger partial charge in [0.1, 0.15) is 0 Å². The van der Waals surface area contributed by atoms with Crippen LogP contribution in [-0.2, 0) is 6.54 Å². The Morgan fingerprint density at radius 2 is 2.00 bits per heavy atom. The normalized spacial score (nSPS) is 11.4. The average Bonchev–Trinajstić information content (AvgIpc) is 2.66. The zero-order valence-electron chi connectivity index (χ0n) is 11.0. The molecule has 0 atom stereocenters. The molecule has 0 bridgehead atoms. The van der Waals surface area contributed by atoms with Gasteiger partial charge in [0.2, 0.25) is 5.95 Å². The molecule has 1 N–H and O–H groups in total. The zero-order chi connectivity index (χ0) is 12.0. The SMILES string of the molecule is CCC(CC)CNc1nccn1CC(C)C. The fourth-order valence-electron chi connectivity index (χ4n) is 1.83. The first-order valence-corrected chi connectivity index (χ1v) is 6.42. The Morgan fingerprint density at radius 1 is 1.31 bits per heavy atom. The summed E-state index contributed by atoms with van der Waals surface area (Å²) in [5, 5.41) is 3.45. The molecule has 1 heterocycles. The number of rotatable bonds is 7. The van der Waals surface area contributed by atoms with E-state index in [1.54, 1.807) is 0 Å². The molecule has 92 valence electrons. The van der Waals surface area contributed by atoms with Crippen LogP contribution in [0.3, 0.4) is 0 Å². The number of anilines is 1. The number of nitrogens with zero attached hydrogens (tertiary/aromatic N) is 2. The highest BCUT2D eigenvalue weighted by molar-refractivity contribution is 5.25. The van der Waals surface area contributed by atoms with Crippen LogP contribution in [0.5, 0.6) is 0 Å². The lowest BCUT2D eigenvalue weighted by Gasteiger charge is -2.15. The van der Waals surface area contributed by atoms with Crippen LogP contribution >= 0.6 is 0 Å². The molecule has 16 heavy (non-hydrogen) atoms. The van der Waals surface area contributed by atoms with E-state index in [0.717, 1.165) is 25.0 Å². The molecule has 0 aromatic carbocycles. The van der Waals surface area contributed by atoms with Crippen molar-refractivity contribution in [3.8, 4) is 0 Å². The van der Waals surface area contributed by atoms with Crippen molar-refractivity contribution in [3.05, 3.63) is 12.4 Å². The third kappa shape index (κ3) is 3.87. The van der Waals surface area contributed by atoms with Crippen molar-refractivity contribution < 1.29 is 0 Å². The van der Waals surface area contributed by atoms with Crippen molar-refractivity contribution in [2.24, 2.45) is 11.8 Å². The summed E-state index contributed by atoms with van der Waals surface area (Å²) in [6, 6.07) is 0. The van der Waals surface area contributed by atoms with Crippen LogP contribution < -0.4 is 5.32 Å². The maximum atomic E-state index is 4.36. The van der Waals surface area contributed by atoms with Gasteiger partial charge in [-0.3, -0.25) is 0 Å². The summed E-state index contributed by atoms with van der Waals surface area (Å²) in [4.78, 5) is 4.36. The minimum Gasteiger partial charge on any atom is -0.355 e. The molecule has 3 heteroatoms. The number of aromatic nitrogens is 2. The molecule has 0 saturated carbocycles. The van der Waals surface area contributed by atoms with Gasteiger partial charge in [0.15, 0.2) is 0 Å². The van der Waals surface area contributed by atoms with E-state index >= 15 is 0 Å². The minimum atomic E-state index is 0.655. The molecule has 3 nitrogen and oxygen atoms in total. The molecule has 0 aliphatic rings. The first kappa shape index (κ1) is 13.1. The average molecular weight is 223 g/mol. The second-order valence-corrected chi connectivity index (χ2v) is 4.86. The van der Waals surface area contributed by atoms with E-state index in [1.165, 1.54) is 12.8 Å². The molecule has 1 aromatic rings. The lowest BCUT2D eigenvalue weighted by molar-refractivity contribution is 0.504. The number of nitrogens with one attached hydrogen (secondary N) is 1. The lowest BCUT2D eigenvalue weighted by Crippen LogP contribution is -2.16. The number of imidazole rings is 1. The van der Waals surface area contributed by atoms with Crippen LogP contribution in [0.2, 0.25) is 0 Å². The monoisotopic (exact) mass is 223 g/mol. The molecule has 0 fully saturated rings. The quantitative estimate of drug-likeness (QED) is 0.768. The molecule has 0 unspecified atom stereocenters. The van der Waals surface area contributed by atoms with Crippen LogP contribution in [0.4, 0.5) is 5.95 Å². The minimum absolute atomic E-state index is 0.655. The van der Waals surface area contributed by atoms with Crippen LogP contribution in [0.25, 0.3) is 0 Å². The van der Waals surface area contributed by atoms with E-state index < -0.39 is 0 Å². The molecule has 1 rings (SSSR count). The van der Waals surface area contributed by atoms with Crippen LogP contribution in [0, 0.1) is 11.8 Å². The van der Waals surface area contributed by atoms with E-state index in [-0.39, 0.29) is 0 Å². The fourth-order valence-corrected chi connectivity index (χ4v) is 1.83. The lowest BCUT2D eigenvalue weighted by atomic mass is 10.0. The predicted molar refractivity (Wildman–Crippen MR) is 69.6 cm³/mol. The molecule has 0 aliphatic carbocycles. The third-order valence-electron chi connectivity index (χ3n) is 2.98. The molecular formula is C13H25N3. The summed E-state index contributed by atoms with van der Waals surface area (Å²) < 4.78 is 2.20. The highest BCUT2D eigenvalue weighted by atomic mass is 15.2. The van der Waals surface area contributed by atoms with Crippen molar-refractivity contribution in [1.29, 1.82) is 0 Å². The van der Waals surface area contributed by atoms with Gasteiger partial charge in [0.05, 0.1) is 0 Å². The highest BCUT2D eigenvalue weighted by Crippen LogP contribution is 2.12. The molecule has 1 aromatic heterocycles. The maximum Gasteiger partial charge on any atom is 0.202 e. The molecule has 0 saturated heterocycles. The zero-order valence-corrected chi connectivity index (χ0v) is 11.0. The standard InChI is InChI=1S/C13H25N3/c1-5-12(6-2)9-15-13-14-7-8-16(13)10-11(3)4/h7-8,11-12H,5-6,9-10H2,1-4H3,(H,14,15). The van der Waals surface area contributed by atoms with Crippen molar-refractivity contribution in [2.45, 2.75) is 47.1 Å².